The number of hydrogen-bond acceptors (Lipinski definition) is 14. The van der Waals surface area contributed by atoms with Crippen LogP contribution in [0.3, 0.4) is 0 Å². The topological polar surface area (TPSA) is 231 Å². The van der Waals surface area contributed by atoms with Crippen LogP contribution in [0, 0.1) is 0 Å². The van der Waals surface area contributed by atoms with Gasteiger partial charge in [0.2, 0.25) is 0 Å². The molecule has 0 saturated carbocycles. The number of carbonyl (C=O) groups is 3. The first-order valence-corrected chi connectivity index (χ1v) is 47.4. The number of carbonyl (C=O) groups excluding carboxylic acids is 3. The standard InChI is InChI=1S/C97H158O16P2/c1-4-7-10-13-16-19-22-25-28-31-34-36-38-40-42-44-45-47-49-50-52-54-57-59-62-65-68-71-74-77-80-83-95(100)107-86-92(98)87-109-114(103,104)110-88-93(99)89-111-115(105,106)112-91-94(113-97(102)85-82-79-76-73-70-67-64-61-56-33-30-27-24-21-18-15-12-9-6-3)90-108-96(101)84-81-78-75-72-69-66-63-60-58-55-53-51-48-46-43-41-39-37-35-32-29-26-23-20-17-14-11-8-5-2/h7-12,16-21,25-30,34-37,40-43,45,47,56,61,67,70,76,79,92-94,98-99H,4-6,13-15,22-24,31-33,38-39,44,46,48-55,57-60,62-66,68-69,71-75,77-78,80-91H2,1-3H3,(H,103,104)(H,105,106)/b10-7-,11-8-,12-9-,19-16-,20-17-,21-18-,28-25-,29-26-,30-27-,36-34-,37-35-,42-40-,43-41-,47-45-,61-56-,70-67-,79-76-. The van der Waals surface area contributed by atoms with Crippen molar-refractivity contribution in [3.05, 3.63) is 207 Å². The minimum absolute atomic E-state index is 0.0272. The van der Waals surface area contributed by atoms with Crippen LogP contribution >= 0.6 is 15.6 Å². The van der Waals surface area contributed by atoms with Gasteiger partial charge in [-0.2, -0.15) is 0 Å². The number of rotatable bonds is 82. The SMILES string of the molecule is CC/C=C\C/C=C\C/C=C\C/C=C\C/C=C\C/C=C\CCCCCCCCCCCCCCC(=O)OCC(O)COP(=O)(O)OCC(O)COP(=O)(O)OCC(COC(=O)CCCCCCCCCCCCCCC/C=C\C/C=C\C/C=C\C/C=C\C/C=C\CC)OC(=O)CC/C=C\C/C=C\C/C=C\C/C=C\C/C=C\C/C=C\CC. The number of unbranched alkanes of at least 4 members (excludes halogenated alkanes) is 25. The molecule has 0 aliphatic carbocycles. The molecule has 16 nitrogen and oxygen atoms in total. The zero-order chi connectivity index (χ0) is 83.6. The van der Waals surface area contributed by atoms with E-state index in [1.807, 2.05) is 18.2 Å². The molecule has 4 N–H and O–H groups in total. The van der Waals surface area contributed by atoms with Gasteiger partial charge in [-0.1, -0.05) is 362 Å². The number of hydrogen-bond donors (Lipinski definition) is 4. The van der Waals surface area contributed by atoms with Crippen molar-refractivity contribution in [3.63, 3.8) is 0 Å². The third-order valence-corrected chi connectivity index (χ3v) is 19.9. The minimum Gasteiger partial charge on any atom is -0.463 e. The molecule has 0 aliphatic rings. The lowest BCUT2D eigenvalue weighted by molar-refractivity contribution is -0.161. The number of phosphoric ester groups is 2. The first-order chi connectivity index (χ1) is 56.2. The fourth-order valence-electron chi connectivity index (χ4n) is 11.4. The molecule has 0 amide bonds. The van der Waals surface area contributed by atoms with Crippen molar-refractivity contribution in [2.24, 2.45) is 0 Å². The molecule has 0 rings (SSSR count). The zero-order valence-corrected chi connectivity index (χ0v) is 73.4. The maximum Gasteiger partial charge on any atom is 0.472 e. The van der Waals surface area contributed by atoms with Crippen LogP contribution in [0.1, 0.15) is 329 Å². The van der Waals surface area contributed by atoms with E-state index in [9.17, 15) is 43.5 Å². The summed E-state index contributed by atoms with van der Waals surface area (Å²) < 4.78 is 61.3. The third-order valence-electron chi connectivity index (χ3n) is 18.0. The molecule has 5 unspecified atom stereocenters. The first kappa shape index (κ1) is 109. The Labute approximate surface area is 699 Å². The second kappa shape index (κ2) is 87.4. The molecule has 652 valence electrons. The van der Waals surface area contributed by atoms with Crippen molar-refractivity contribution in [1.29, 1.82) is 0 Å². The Morgan fingerprint density at radius 2 is 0.452 bits per heavy atom. The second-order valence-electron chi connectivity index (χ2n) is 28.9. The lowest BCUT2D eigenvalue weighted by Crippen LogP contribution is -2.29. The molecule has 0 aliphatic heterocycles. The van der Waals surface area contributed by atoms with E-state index < -0.39 is 91.5 Å². The van der Waals surface area contributed by atoms with Crippen molar-refractivity contribution in [3.8, 4) is 0 Å². The number of esters is 3. The van der Waals surface area contributed by atoms with Gasteiger partial charge in [0.1, 0.15) is 25.4 Å². The van der Waals surface area contributed by atoms with E-state index in [1.54, 1.807) is 0 Å². The van der Waals surface area contributed by atoms with Crippen LogP contribution in [0.4, 0.5) is 0 Å². The third kappa shape index (κ3) is 88.8. The Bertz CT molecular complexity index is 2920. The summed E-state index contributed by atoms with van der Waals surface area (Å²) in [4.78, 5) is 58.9. The summed E-state index contributed by atoms with van der Waals surface area (Å²) in [5.41, 5.74) is 0. The molecule has 0 aromatic heterocycles. The molecule has 0 heterocycles. The zero-order valence-electron chi connectivity index (χ0n) is 71.6. The lowest BCUT2D eigenvalue weighted by atomic mass is 10.0. The van der Waals surface area contributed by atoms with Gasteiger partial charge >= 0.3 is 33.6 Å². The highest BCUT2D eigenvalue weighted by Gasteiger charge is 2.29. The molecule has 0 radical (unpaired) electrons. The molecule has 5 atom stereocenters. The van der Waals surface area contributed by atoms with Gasteiger partial charge in [-0.05, 0) is 154 Å². The van der Waals surface area contributed by atoms with Crippen LogP contribution in [0.25, 0.3) is 0 Å². The van der Waals surface area contributed by atoms with Crippen LogP contribution in [-0.2, 0) is 55.8 Å². The molecule has 18 heteroatoms. The van der Waals surface area contributed by atoms with Gasteiger partial charge in [-0.25, -0.2) is 9.13 Å². The smallest absolute Gasteiger partial charge is 0.463 e. The fraction of sp³-hybridized carbons (Fsp3) is 0.619. The maximum absolute atomic E-state index is 13.0. The minimum atomic E-state index is -4.97. The van der Waals surface area contributed by atoms with E-state index >= 15 is 0 Å². The Hall–Kier alpha value is -5.87. The van der Waals surface area contributed by atoms with Crippen molar-refractivity contribution < 1.29 is 75.8 Å². The quantitative estimate of drug-likeness (QED) is 0.0146. The molecule has 115 heavy (non-hydrogen) atoms. The summed E-state index contributed by atoms with van der Waals surface area (Å²) in [5, 5.41) is 20.7. The molecule has 0 aromatic rings. The van der Waals surface area contributed by atoms with Crippen LogP contribution in [0.5, 0.6) is 0 Å². The van der Waals surface area contributed by atoms with E-state index in [0.717, 1.165) is 161 Å². The number of aliphatic hydroxyl groups is 2. The van der Waals surface area contributed by atoms with Gasteiger partial charge in [0, 0.05) is 19.3 Å². The number of aliphatic hydroxyl groups excluding tert-OH is 2. The highest BCUT2D eigenvalue weighted by Crippen LogP contribution is 2.45. The molecule has 0 aromatic carbocycles. The average molecular weight is 1640 g/mol. The van der Waals surface area contributed by atoms with E-state index in [4.69, 9.17) is 32.3 Å². The highest BCUT2D eigenvalue weighted by atomic mass is 31.2. The molecular weight excluding hydrogens is 1480 g/mol. The van der Waals surface area contributed by atoms with Gasteiger partial charge in [0.25, 0.3) is 0 Å². The van der Waals surface area contributed by atoms with Gasteiger partial charge in [0.15, 0.2) is 6.10 Å². The normalized spacial score (nSPS) is 14.8. The number of allylic oxidation sites excluding steroid dienone is 34. The van der Waals surface area contributed by atoms with Crippen LogP contribution in [0.15, 0.2) is 207 Å². The molecule has 0 saturated heterocycles. The Kier molecular flexibility index (Phi) is 83.0. The number of phosphoric acid groups is 2. The van der Waals surface area contributed by atoms with Crippen LogP contribution < -0.4 is 0 Å². The Balaban J connectivity index is 4.63. The molecular formula is C97H158O16P2. The largest absolute Gasteiger partial charge is 0.472 e. The van der Waals surface area contributed by atoms with E-state index in [0.29, 0.717) is 25.7 Å². The maximum atomic E-state index is 13.0. The van der Waals surface area contributed by atoms with E-state index in [1.165, 1.54) is 103 Å². The summed E-state index contributed by atoms with van der Waals surface area (Å²) >= 11 is 0. The monoisotopic (exact) mass is 1640 g/mol. The summed E-state index contributed by atoms with van der Waals surface area (Å²) in [6.07, 6.45) is 118. The van der Waals surface area contributed by atoms with Crippen LogP contribution in [0.2, 0.25) is 0 Å². The van der Waals surface area contributed by atoms with Crippen molar-refractivity contribution in [2.45, 2.75) is 347 Å². The Morgan fingerprint density at radius 1 is 0.243 bits per heavy atom. The molecule has 0 bridgehead atoms. The van der Waals surface area contributed by atoms with Crippen molar-refractivity contribution in [2.75, 3.05) is 39.6 Å². The van der Waals surface area contributed by atoms with E-state index in [2.05, 4.69) is 209 Å². The van der Waals surface area contributed by atoms with Gasteiger partial charge in [-0.15, -0.1) is 0 Å². The Morgan fingerprint density at radius 3 is 0.722 bits per heavy atom. The predicted octanol–water partition coefficient (Wildman–Crippen LogP) is 27.2. The second-order valence-corrected chi connectivity index (χ2v) is 31.8. The summed E-state index contributed by atoms with van der Waals surface area (Å²) in [5.74, 6) is -1.68. The average Bonchev–Trinajstić information content (AvgIpc) is 0.896. The predicted molar refractivity (Wildman–Crippen MR) is 481 cm³/mol. The molecule has 0 fully saturated rings. The van der Waals surface area contributed by atoms with Gasteiger partial charge in [0.05, 0.1) is 26.4 Å². The van der Waals surface area contributed by atoms with Crippen molar-refractivity contribution in [1.82, 2.24) is 0 Å². The summed E-state index contributed by atoms with van der Waals surface area (Å²) in [6, 6.07) is 0. The molecule has 0 spiro atoms. The summed E-state index contributed by atoms with van der Waals surface area (Å²) in [7, 11) is -9.84. The lowest BCUT2D eigenvalue weighted by Gasteiger charge is -2.21. The van der Waals surface area contributed by atoms with Gasteiger partial charge < -0.3 is 34.2 Å². The summed E-state index contributed by atoms with van der Waals surface area (Å²) in [6.45, 7) is 2.25. The first-order valence-electron chi connectivity index (χ1n) is 44.4. The van der Waals surface area contributed by atoms with Gasteiger partial charge in [-0.3, -0.25) is 32.5 Å². The van der Waals surface area contributed by atoms with E-state index in [-0.39, 0.29) is 19.3 Å². The van der Waals surface area contributed by atoms with Crippen LogP contribution in [-0.4, -0.2) is 95.9 Å². The number of ether oxygens (including phenoxy) is 3. The highest BCUT2D eigenvalue weighted by molar-refractivity contribution is 7.47. The fourth-order valence-corrected chi connectivity index (χ4v) is 13.0. The van der Waals surface area contributed by atoms with Crippen molar-refractivity contribution >= 4 is 33.6 Å².